The molecule has 1 saturated carbocycles. The summed E-state index contributed by atoms with van der Waals surface area (Å²) in [6.07, 6.45) is 10.1. The predicted molar refractivity (Wildman–Crippen MR) is 69.9 cm³/mol. The van der Waals surface area contributed by atoms with E-state index in [4.69, 9.17) is 0 Å². The maximum atomic E-state index is 4.17. The fourth-order valence-electron chi connectivity index (χ4n) is 2.65. The highest BCUT2D eigenvalue weighted by Crippen LogP contribution is 2.29. The fourth-order valence-corrected chi connectivity index (χ4v) is 3.31. The van der Waals surface area contributed by atoms with Crippen LogP contribution in [0.3, 0.4) is 0 Å². The normalized spacial score (nSPS) is 19.1. The van der Waals surface area contributed by atoms with Crippen LogP contribution in [0.25, 0.3) is 0 Å². The molecule has 1 heterocycles. The Kier molecular flexibility index (Phi) is 4.79. The molecule has 1 atom stereocenters. The summed E-state index contributed by atoms with van der Waals surface area (Å²) in [6, 6.07) is 0.683. The van der Waals surface area contributed by atoms with Crippen LogP contribution in [-0.2, 0) is 6.42 Å². The molecule has 1 N–H and O–H groups in total. The summed E-state index contributed by atoms with van der Waals surface area (Å²) in [6.45, 7) is 3.39. The third-order valence-corrected chi connectivity index (χ3v) is 4.33. The van der Waals surface area contributed by atoms with Gasteiger partial charge in [0.15, 0.2) is 0 Å². The molecule has 1 unspecified atom stereocenters. The molecule has 0 radical (unpaired) electrons. The summed E-state index contributed by atoms with van der Waals surface area (Å²) in [7, 11) is 0. The van der Waals surface area contributed by atoms with Crippen molar-refractivity contribution in [2.45, 2.75) is 51.5 Å². The third kappa shape index (κ3) is 3.29. The van der Waals surface area contributed by atoms with Gasteiger partial charge in [-0.25, -0.2) is 0 Å². The Morgan fingerprint density at radius 2 is 2.31 bits per heavy atom. The van der Waals surface area contributed by atoms with Crippen LogP contribution in [0.5, 0.6) is 0 Å². The van der Waals surface area contributed by atoms with Crippen molar-refractivity contribution in [3.63, 3.8) is 0 Å². The molecule has 0 saturated heterocycles. The number of hydrogen-bond donors (Lipinski definition) is 1. The Balaban J connectivity index is 1.90. The molecule has 0 aliphatic heterocycles. The third-order valence-electron chi connectivity index (χ3n) is 3.53. The van der Waals surface area contributed by atoms with Gasteiger partial charge in [-0.05, 0) is 38.1 Å². The number of aromatic nitrogens is 1. The Morgan fingerprint density at radius 3 is 2.94 bits per heavy atom. The van der Waals surface area contributed by atoms with Crippen molar-refractivity contribution in [1.82, 2.24) is 10.3 Å². The quantitative estimate of drug-likeness (QED) is 0.823. The molecule has 0 aromatic carbocycles. The van der Waals surface area contributed by atoms with Crippen molar-refractivity contribution in [1.29, 1.82) is 0 Å². The van der Waals surface area contributed by atoms with E-state index in [0.717, 1.165) is 12.5 Å². The SMILES string of the molecule is CCCNC(Cc1cncs1)C1CCCC1. The van der Waals surface area contributed by atoms with Crippen LogP contribution in [0.15, 0.2) is 11.7 Å². The minimum atomic E-state index is 0.683. The molecule has 2 rings (SSSR count). The van der Waals surface area contributed by atoms with Gasteiger partial charge in [-0.2, -0.15) is 0 Å². The van der Waals surface area contributed by atoms with Crippen LogP contribution in [0, 0.1) is 5.92 Å². The molecule has 1 aliphatic carbocycles. The molecule has 1 aliphatic rings. The van der Waals surface area contributed by atoms with Crippen molar-refractivity contribution < 1.29 is 0 Å². The summed E-state index contributed by atoms with van der Waals surface area (Å²) >= 11 is 1.79. The summed E-state index contributed by atoms with van der Waals surface area (Å²) in [5, 5.41) is 3.73. The summed E-state index contributed by atoms with van der Waals surface area (Å²) < 4.78 is 0. The first-order chi connectivity index (χ1) is 7.90. The molecular formula is C13H22N2S. The second-order valence-corrected chi connectivity index (χ2v) is 5.75. The van der Waals surface area contributed by atoms with Gasteiger partial charge in [0.25, 0.3) is 0 Å². The average Bonchev–Trinajstić information content (AvgIpc) is 2.96. The van der Waals surface area contributed by atoms with Gasteiger partial charge in [-0.15, -0.1) is 11.3 Å². The minimum absolute atomic E-state index is 0.683. The van der Waals surface area contributed by atoms with E-state index < -0.39 is 0 Å². The molecule has 2 nitrogen and oxygen atoms in total. The van der Waals surface area contributed by atoms with E-state index in [-0.39, 0.29) is 0 Å². The summed E-state index contributed by atoms with van der Waals surface area (Å²) in [4.78, 5) is 5.60. The van der Waals surface area contributed by atoms with Gasteiger partial charge in [0.2, 0.25) is 0 Å². The van der Waals surface area contributed by atoms with Gasteiger partial charge < -0.3 is 5.32 Å². The van der Waals surface area contributed by atoms with E-state index in [2.05, 4.69) is 17.2 Å². The van der Waals surface area contributed by atoms with Crippen LogP contribution >= 0.6 is 11.3 Å². The van der Waals surface area contributed by atoms with E-state index in [9.17, 15) is 0 Å². The van der Waals surface area contributed by atoms with Crippen molar-refractivity contribution in [3.05, 3.63) is 16.6 Å². The van der Waals surface area contributed by atoms with Crippen molar-refractivity contribution in [2.24, 2.45) is 5.92 Å². The smallest absolute Gasteiger partial charge is 0.0794 e. The number of nitrogens with one attached hydrogen (secondary N) is 1. The number of rotatable bonds is 6. The van der Waals surface area contributed by atoms with E-state index in [0.29, 0.717) is 6.04 Å². The van der Waals surface area contributed by atoms with Gasteiger partial charge in [-0.1, -0.05) is 19.8 Å². The largest absolute Gasteiger partial charge is 0.313 e. The van der Waals surface area contributed by atoms with E-state index in [1.54, 1.807) is 11.3 Å². The predicted octanol–water partition coefficient (Wildman–Crippen LogP) is 3.24. The van der Waals surface area contributed by atoms with E-state index in [1.165, 1.54) is 43.4 Å². The molecule has 16 heavy (non-hydrogen) atoms. The van der Waals surface area contributed by atoms with Gasteiger partial charge in [0.05, 0.1) is 5.51 Å². The second-order valence-electron chi connectivity index (χ2n) is 4.78. The van der Waals surface area contributed by atoms with Crippen LogP contribution in [0.4, 0.5) is 0 Å². The van der Waals surface area contributed by atoms with Crippen molar-refractivity contribution in [3.8, 4) is 0 Å². The summed E-state index contributed by atoms with van der Waals surface area (Å²) in [5.74, 6) is 0.897. The Morgan fingerprint density at radius 1 is 1.50 bits per heavy atom. The molecule has 0 bridgehead atoms. The second kappa shape index (κ2) is 6.36. The topological polar surface area (TPSA) is 24.9 Å². The first kappa shape index (κ1) is 12.1. The highest BCUT2D eigenvalue weighted by Gasteiger charge is 2.24. The molecule has 3 heteroatoms. The minimum Gasteiger partial charge on any atom is -0.313 e. The van der Waals surface area contributed by atoms with Gasteiger partial charge >= 0.3 is 0 Å². The highest BCUT2D eigenvalue weighted by atomic mass is 32.1. The molecule has 1 aromatic heterocycles. The van der Waals surface area contributed by atoms with Gasteiger partial charge in [0.1, 0.15) is 0 Å². The van der Waals surface area contributed by atoms with Crippen LogP contribution in [-0.4, -0.2) is 17.6 Å². The molecule has 90 valence electrons. The Labute approximate surface area is 102 Å². The maximum absolute atomic E-state index is 4.17. The molecule has 1 aromatic rings. The lowest BCUT2D eigenvalue weighted by molar-refractivity contribution is 0.358. The maximum Gasteiger partial charge on any atom is 0.0794 e. The molecule has 0 spiro atoms. The lowest BCUT2D eigenvalue weighted by atomic mass is 9.95. The van der Waals surface area contributed by atoms with Crippen LogP contribution < -0.4 is 5.32 Å². The first-order valence-electron chi connectivity index (χ1n) is 6.51. The van der Waals surface area contributed by atoms with Crippen molar-refractivity contribution in [2.75, 3.05) is 6.54 Å². The first-order valence-corrected chi connectivity index (χ1v) is 7.39. The number of hydrogen-bond acceptors (Lipinski definition) is 3. The fraction of sp³-hybridized carbons (Fsp3) is 0.769. The standard InChI is InChI=1S/C13H22N2S/c1-2-7-15-13(11-5-3-4-6-11)8-12-9-14-10-16-12/h9-11,13,15H,2-8H2,1H3. The van der Waals surface area contributed by atoms with Crippen LogP contribution in [0.2, 0.25) is 0 Å². The molecule has 1 fully saturated rings. The Bertz CT molecular complexity index is 278. The monoisotopic (exact) mass is 238 g/mol. The van der Waals surface area contributed by atoms with Gasteiger partial charge in [0, 0.05) is 17.1 Å². The van der Waals surface area contributed by atoms with Gasteiger partial charge in [-0.3, -0.25) is 4.98 Å². The summed E-state index contributed by atoms with van der Waals surface area (Å²) in [5.41, 5.74) is 1.95. The lowest BCUT2D eigenvalue weighted by Gasteiger charge is -2.24. The number of nitrogens with zero attached hydrogens (tertiary/aromatic N) is 1. The van der Waals surface area contributed by atoms with Crippen LogP contribution in [0.1, 0.15) is 43.9 Å². The van der Waals surface area contributed by atoms with E-state index >= 15 is 0 Å². The zero-order valence-corrected chi connectivity index (χ0v) is 10.9. The average molecular weight is 238 g/mol. The van der Waals surface area contributed by atoms with Crippen molar-refractivity contribution >= 4 is 11.3 Å². The number of thiazole rings is 1. The zero-order chi connectivity index (χ0) is 11.2. The lowest BCUT2D eigenvalue weighted by Crippen LogP contribution is -2.37. The highest BCUT2D eigenvalue weighted by molar-refractivity contribution is 7.09. The van der Waals surface area contributed by atoms with E-state index in [1.807, 2.05) is 11.7 Å². The zero-order valence-electron chi connectivity index (χ0n) is 10.1. The molecular weight excluding hydrogens is 216 g/mol. The molecule has 0 amide bonds. The Hall–Kier alpha value is -0.410.